The van der Waals surface area contributed by atoms with Crippen LogP contribution < -0.4 is 5.32 Å². The van der Waals surface area contributed by atoms with Crippen LogP contribution in [0.25, 0.3) is 0 Å². The Labute approximate surface area is 80.8 Å². The Balaban J connectivity index is 3.38. The van der Waals surface area contributed by atoms with E-state index in [9.17, 15) is 4.79 Å². The fourth-order valence-electron chi connectivity index (χ4n) is 1.16. The van der Waals surface area contributed by atoms with Crippen molar-refractivity contribution < 1.29 is 9.53 Å². The molecule has 0 saturated carbocycles. The van der Waals surface area contributed by atoms with Crippen LogP contribution in [0.3, 0.4) is 0 Å². The molecule has 0 amide bonds. The molecule has 0 spiro atoms. The summed E-state index contributed by atoms with van der Waals surface area (Å²) in [6.07, 6.45) is 3.47. The zero-order chi connectivity index (χ0) is 10.1. The van der Waals surface area contributed by atoms with Gasteiger partial charge in [0.15, 0.2) is 0 Å². The van der Waals surface area contributed by atoms with Gasteiger partial charge in [-0.15, -0.1) is 0 Å². The van der Waals surface area contributed by atoms with Gasteiger partial charge in [-0.05, 0) is 33.4 Å². The second-order valence-corrected chi connectivity index (χ2v) is 3.30. The molecule has 0 radical (unpaired) electrons. The summed E-state index contributed by atoms with van der Waals surface area (Å²) in [4.78, 5) is 11.2. The van der Waals surface area contributed by atoms with Gasteiger partial charge in [-0.2, -0.15) is 0 Å². The maximum absolute atomic E-state index is 11.2. The lowest BCUT2D eigenvalue weighted by Gasteiger charge is -2.11. The van der Waals surface area contributed by atoms with E-state index in [0.29, 0.717) is 6.42 Å². The van der Waals surface area contributed by atoms with E-state index in [1.807, 2.05) is 14.0 Å². The molecule has 13 heavy (non-hydrogen) atoms. The molecule has 0 rings (SSSR count). The Morgan fingerprint density at radius 2 is 2.23 bits per heavy atom. The van der Waals surface area contributed by atoms with E-state index in [-0.39, 0.29) is 12.1 Å². The van der Waals surface area contributed by atoms with Crippen molar-refractivity contribution in [2.45, 2.75) is 45.6 Å². The van der Waals surface area contributed by atoms with Gasteiger partial charge in [-0.25, -0.2) is 0 Å². The van der Waals surface area contributed by atoms with Crippen molar-refractivity contribution in [1.29, 1.82) is 0 Å². The first kappa shape index (κ1) is 12.4. The topological polar surface area (TPSA) is 38.3 Å². The molecule has 0 aliphatic carbocycles. The minimum absolute atomic E-state index is 0.0730. The molecule has 1 unspecified atom stereocenters. The maximum atomic E-state index is 11.2. The number of carbonyl (C=O) groups excluding carboxylic acids is 1. The summed E-state index contributed by atoms with van der Waals surface area (Å²) in [6, 6.07) is 0. The van der Waals surface area contributed by atoms with Crippen LogP contribution in [0.4, 0.5) is 0 Å². The Kier molecular flexibility index (Phi) is 7.69. The van der Waals surface area contributed by atoms with Crippen LogP contribution in [0.2, 0.25) is 0 Å². The summed E-state index contributed by atoms with van der Waals surface area (Å²) in [5.41, 5.74) is 0. The van der Waals surface area contributed by atoms with Gasteiger partial charge < -0.3 is 10.1 Å². The zero-order valence-electron chi connectivity index (χ0n) is 8.93. The van der Waals surface area contributed by atoms with Gasteiger partial charge in [0.2, 0.25) is 0 Å². The van der Waals surface area contributed by atoms with Crippen LogP contribution in [0.5, 0.6) is 0 Å². The molecule has 0 aromatic carbocycles. The van der Waals surface area contributed by atoms with E-state index >= 15 is 0 Å². The smallest absolute Gasteiger partial charge is 0.306 e. The van der Waals surface area contributed by atoms with Crippen molar-refractivity contribution in [3.63, 3.8) is 0 Å². The lowest BCUT2D eigenvalue weighted by atomic mass is 10.2. The Morgan fingerprint density at radius 1 is 1.54 bits per heavy atom. The Bertz CT molecular complexity index is 137. The number of carbonyl (C=O) groups is 1. The van der Waals surface area contributed by atoms with Crippen LogP contribution in [-0.2, 0) is 9.53 Å². The number of hydrogen-bond donors (Lipinski definition) is 1. The monoisotopic (exact) mass is 187 g/mol. The van der Waals surface area contributed by atoms with E-state index in [1.54, 1.807) is 0 Å². The molecule has 0 aromatic rings. The van der Waals surface area contributed by atoms with Gasteiger partial charge in [0.1, 0.15) is 0 Å². The molecule has 0 bridgehead atoms. The number of esters is 1. The lowest BCUT2D eigenvalue weighted by molar-refractivity contribution is -0.148. The van der Waals surface area contributed by atoms with Gasteiger partial charge in [0.25, 0.3) is 0 Å². The summed E-state index contributed by atoms with van der Waals surface area (Å²) in [5.74, 6) is -0.0730. The molecule has 78 valence electrons. The van der Waals surface area contributed by atoms with Crippen LogP contribution in [0.1, 0.15) is 39.5 Å². The molecule has 1 atom stereocenters. The third-order valence-corrected chi connectivity index (χ3v) is 1.84. The summed E-state index contributed by atoms with van der Waals surface area (Å²) >= 11 is 0. The summed E-state index contributed by atoms with van der Waals surface area (Å²) in [5, 5.41) is 2.99. The van der Waals surface area contributed by atoms with Gasteiger partial charge in [-0.3, -0.25) is 4.79 Å². The largest absolute Gasteiger partial charge is 0.463 e. The van der Waals surface area contributed by atoms with E-state index in [1.165, 1.54) is 0 Å². The second kappa shape index (κ2) is 8.05. The summed E-state index contributed by atoms with van der Waals surface area (Å²) in [7, 11) is 1.88. The lowest BCUT2D eigenvalue weighted by Crippen LogP contribution is -2.16. The number of rotatable bonds is 7. The van der Waals surface area contributed by atoms with E-state index in [0.717, 1.165) is 25.8 Å². The quantitative estimate of drug-likeness (QED) is 0.487. The maximum Gasteiger partial charge on any atom is 0.306 e. The Hall–Kier alpha value is -0.570. The average Bonchev–Trinajstić information content (AvgIpc) is 2.05. The second-order valence-electron chi connectivity index (χ2n) is 3.30. The molecule has 3 nitrogen and oxygen atoms in total. The van der Waals surface area contributed by atoms with E-state index < -0.39 is 0 Å². The zero-order valence-corrected chi connectivity index (χ0v) is 8.93. The van der Waals surface area contributed by atoms with E-state index in [4.69, 9.17) is 4.74 Å². The van der Waals surface area contributed by atoms with Crippen molar-refractivity contribution in [2.75, 3.05) is 13.6 Å². The molecule has 3 heteroatoms. The van der Waals surface area contributed by atoms with Gasteiger partial charge in [0.05, 0.1) is 6.10 Å². The first-order valence-corrected chi connectivity index (χ1v) is 5.04. The van der Waals surface area contributed by atoms with Gasteiger partial charge >= 0.3 is 5.97 Å². The first-order chi connectivity index (χ1) is 6.20. The molecule has 0 fully saturated rings. The van der Waals surface area contributed by atoms with Crippen molar-refractivity contribution >= 4 is 5.97 Å². The van der Waals surface area contributed by atoms with Crippen LogP contribution in [-0.4, -0.2) is 25.7 Å². The minimum Gasteiger partial charge on any atom is -0.463 e. The molecular formula is C10H21NO2. The number of hydrogen-bond acceptors (Lipinski definition) is 3. The normalized spacial score (nSPS) is 12.5. The summed E-state index contributed by atoms with van der Waals surface area (Å²) < 4.78 is 5.17. The van der Waals surface area contributed by atoms with Crippen molar-refractivity contribution in [3.05, 3.63) is 0 Å². The predicted molar refractivity (Wildman–Crippen MR) is 53.6 cm³/mol. The van der Waals surface area contributed by atoms with Crippen molar-refractivity contribution in [1.82, 2.24) is 5.32 Å². The Morgan fingerprint density at radius 3 is 2.77 bits per heavy atom. The van der Waals surface area contributed by atoms with Gasteiger partial charge in [-0.1, -0.05) is 13.3 Å². The van der Waals surface area contributed by atoms with Crippen molar-refractivity contribution in [2.24, 2.45) is 0 Å². The van der Waals surface area contributed by atoms with Crippen LogP contribution >= 0.6 is 0 Å². The number of nitrogens with one attached hydrogen (secondary N) is 1. The molecule has 0 aliphatic heterocycles. The fraction of sp³-hybridized carbons (Fsp3) is 0.900. The standard InChI is InChI=1S/C10H21NO2/c1-4-6-9(2)13-10(12)7-5-8-11-3/h9,11H,4-8H2,1-3H3. The van der Waals surface area contributed by atoms with Crippen molar-refractivity contribution in [3.8, 4) is 0 Å². The van der Waals surface area contributed by atoms with Crippen LogP contribution in [0, 0.1) is 0 Å². The highest BCUT2D eigenvalue weighted by Gasteiger charge is 2.07. The highest BCUT2D eigenvalue weighted by molar-refractivity contribution is 5.69. The highest BCUT2D eigenvalue weighted by atomic mass is 16.5. The van der Waals surface area contributed by atoms with Gasteiger partial charge in [0, 0.05) is 6.42 Å². The molecule has 0 aromatic heterocycles. The third kappa shape index (κ3) is 7.78. The predicted octanol–water partition coefficient (Wildman–Crippen LogP) is 1.72. The molecule has 0 heterocycles. The molecule has 0 saturated heterocycles. The average molecular weight is 187 g/mol. The van der Waals surface area contributed by atoms with E-state index in [2.05, 4.69) is 12.2 Å². The molecular weight excluding hydrogens is 166 g/mol. The van der Waals surface area contributed by atoms with Crippen LogP contribution in [0.15, 0.2) is 0 Å². The SMILES string of the molecule is CCCC(C)OC(=O)CCCNC. The number of ether oxygens (including phenoxy) is 1. The minimum atomic E-state index is -0.0730. The fourth-order valence-corrected chi connectivity index (χ4v) is 1.16. The molecule has 1 N–H and O–H groups in total. The third-order valence-electron chi connectivity index (χ3n) is 1.84. The molecule has 0 aliphatic rings. The summed E-state index contributed by atoms with van der Waals surface area (Å²) in [6.45, 7) is 4.90. The highest BCUT2D eigenvalue weighted by Crippen LogP contribution is 2.03. The first-order valence-electron chi connectivity index (χ1n) is 5.04.